The molecule has 186 valence electrons. The molecule has 2 aromatic carbocycles. The van der Waals surface area contributed by atoms with Crippen LogP contribution in [0.4, 0.5) is 4.39 Å². The zero-order valence-electron chi connectivity index (χ0n) is 19.5. The Morgan fingerprint density at radius 2 is 2.00 bits per heavy atom. The maximum Gasteiger partial charge on any atom is 0.247 e. The van der Waals surface area contributed by atoms with E-state index in [0.29, 0.717) is 24.2 Å². The van der Waals surface area contributed by atoms with E-state index in [2.05, 4.69) is 15.6 Å². The van der Waals surface area contributed by atoms with Crippen LogP contribution in [0.2, 0.25) is 0 Å². The molecule has 0 saturated carbocycles. The van der Waals surface area contributed by atoms with Crippen LogP contribution in [0, 0.1) is 5.82 Å². The lowest BCUT2D eigenvalue weighted by Gasteiger charge is -2.31. The molecule has 2 amide bonds. The molecule has 0 unspecified atom stereocenters. The number of nitrogens with one attached hydrogen (secondary N) is 1. The van der Waals surface area contributed by atoms with Crippen LogP contribution >= 0.6 is 11.3 Å². The molecule has 8 nitrogen and oxygen atoms in total. The van der Waals surface area contributed by atoms with Crippen molar-refractivity contribution in [3.63, 3.8) is 0 Å². The molecule has 10 heteroatoms. The van der Waals surface area contributed by atoms with Crippen LogP contribution in [0.5, 0.6) is 0 Å². The van der Waals surface area contributed by atoms with Crippen LogP contribution in [0.15, 0.2) is 66.0 Å². The first kappa shape index (κ1) is 24.1. The normalized spacial score (nSPS) is 16.2. The lowest BCUT2D eigenvalue weighted by atomic mass is 10.0. The van der Waals surface area contributed by atoms with Crippen LogP contribution in [0.25, 0.3) is 11.0 Å². The first-order valence-electron chi connectivity index (χ1n) is 11.8. The van der Waals surface area contributed by atoms with Gasteiger partial charge in [0.2, 0.25) is 11.8 Å². The van der Waals surface area contributed by atoms with E-state index in [9.17, 15) is 14.0 Å². The standard InChI is InChI=1S/C26H26FN5O3S/c27-19-11-9-18(10-12-19)25(26(34)28-15-20-5-3-13-35-20)31(16-21-6-4-14-36-21)24(33)17-32-23-8-2-1-7-22(23)29-30-32/h1-2,4,6-12,14,20,25H,3,5,13,15-17H2,(H,28,34)/t20-,25+/m0/s1. The Bertz CT molecular complexity index is 1320. The molecule has 36 heavy (non-hydrogen) atoms. The molecule has 1 fully saturated rings. The SMILES string of the molecule is O=C(NC[C@@H]1CCCO1)[C@@H](c1ccc(F)cc1)N(Cc1cccs1)C(=O)Cn1nnc2ccccc21. The molecule has 2 aromatic heterocycles. The van der Waals surface area contributed by atoms with E-state index >= 15 is 0 Å². The fraction of sp³-hybridized carbons (Fsp3) is 0.308. The number of para-hydroxylation sites is 1. The van der Waals surface area contributed by atoms with Crippen LogP contribution < -0.4 is 5.32 Å². The number of halogens is 1. The monoisotopic (exact) mass is 507 g/mol. The highest BCUT2D eigenvalue weighted by Crippen LogP contribution is 2.26. The summed E-state index contributed by atoms with van der Waals surface area (Å²) in [6.45, 7) is 1.16. The number of rotatable bonds is 9. The summed E-state index contributed by atoms with van der Waals surface area (Å²) in [6.07, 6.45) is 1.78. The van der Waals surface area contributed by atoms with E-state index in [1.165, 1.54) is 33.1 Å². The number of ether oxygens (including phenoxy) is 1. The molecule has 2 atom stereocenters. The topological polar surface area (TPSA) is 89.4 Å². The summed E-state index contributed by atoms with van der Waals surface area (Å²) in [7, 11) is 0. The largest absolute Gasteiger partial charge is 0.376 e. The van der Waals surface area contributed by atoms with Gasteiger partial charge in [0, 0.05) is 18.0 Å². The summed E-state index contributed by atoms with van der Waals surface area (Å²) < 4.78 is 20.9. The maximum absolute atomic E-state index is 13.8. The van der Waals surface area contributed by atoms with Crippen molar-refractivity contribution in [3.05, 3.63) is 82.3 Å². The van der Waals surface area contributed by atoms with Gasteiger partial charge in [-0.2, -0.15) is 0 Å². The Balaban J connectivity index is 1.47. The van der Waals surface area contributed by atoms with Crippen molar-refractivity contribution in [3.8, 4) is 0 Å². The van der Waals surface area contributed by atoms with E-state index in [1.54, 1.807) is 12.1 Å². The second kappa shape index (κ2) is 11.0. The Kier molecular flexibility index (Phi) is 7.33. The zero-order valence-corrected chi connectivity index (χ0v) is 20.4. The molecule has 3 heterocycles. The van der Waals surface area contributed by atoms with Gasteiger partial charge in [-0.15, -0.1) is 16.4 Å². The quantitative estimate of drug-likeness (QED) is 0.373. The minimum atomic E-state index is -0.962. The number of fused-ring (bicyclic) bond motifs is 1. The van der Waals surface area contributed by atoms with Crippen LogP contribution in [0.1, 0.15) is 29.3 Å². The van der Waals surface area contributed by atoms with Crippen molar-refractivity contribution in [1.82, 2.24) is 25.2 Å². The van der Waals surface area contributed by atoms with Crippen molar-refractivity contribution in [1.29, 1.82) is 0 Å². The van der Waals surface area contributed by atoms with Gasteiger partial charge in [-0.05, 0) is 54.1 Å². The van der Waals surface area contributed by atoms with Crippen molar-refractivity contribution < 1.29 is 18.7 Å². The van der Waals surface area contributed by atoms with Gasteiger partial charge in [0.1, 0.15) is 23.9 Å². The minimum Gasteiger partial charge on any atom is -0.376 e. The molecule has 0 bridgehead atoms. The third-order valence-corrected chi connectivity index (χ3v) is 7.07. The van der Waals surface area contributed by atoms with Gasteiger partial charge in [-0.3, -0.25) is 9.59 Å². The smallest absolute Gasteiger partial charge is 0.247 e. The third-order valence-electron chi connectivity index (χ3n) is 6.21. The average molecular weight is 508 g/mol. The fourth-order valence-corrected chi connectivity index (χ4v) is 5.08. The fourth-order valence-electron chi connectivity index (χ4n) is 4.38. The van der Waals surface area contributed by atoms with Gasteiger partial charge < -0.3 is 15.0 Å². The van der Waals surface area contributed by atoms with E-state index in [-0.39, 0.29) is 31.0 Å². The van der Waals surface area contributed by atoms with Gasteiger partial charge in [0.15, 0.2) is 0 Å². The second-order valence-electron chi connectivity index (χ2n) is 8.67. The molecule has 0 aliphatic carbocycles. The second-order valence-corrected chi connectivity index (χ2v) is 9.70. The zero-order chi connectivity index (χ0) is 24.9. The number of carbonyl (C=O) groups is 2. The van der Waals surface area contributed by atoms with E-state index < -0.39 is 11.9 Å². The number of hydrogen-bond donors (Lipinski definition) is 1. The van der Waals surface area contributed by atoms with Crippen molar-refractivity contribution in [2.24, 2.45) is 0 Å². The highest BCUT2D eigenvalue weighted by atomic mass is 32.1. The van der Waals surface area contributed by atoms with Crippen LogP contribution in [-0.4, -0.2) is 51.0 Å². The Morgan fingerprint density at radius 3 is 2.75 bits per heavy atom. The number of carbonyl (C=O) groups excluding carboxylic acids is 2. The average Bonchev–Trinajstić information content (AvgIpc) is 3.67. The molecular formula is C26H26FN5O3S. The summed E-state index contributed by atoms with van der Waals surface area (Å²) in [5, 5.41) is 13.2. The molecule has 1 saturated heterocycles. The summed E-state index contributed by atoms with van der Waals surface area (Å²) in [5.74, 6) is -1.06. The van der Waals surface area contributed by atoms with E-state index in [1.807, 2.05) is 41.8 Å². The lowest BCUT2D eigenvalue weighted by Crippen LogP contribution is -2.46. The summed E-state index contributed by atoms with van der Waals surface area (Å²) in [4.78, 5) is 29.8. The highest BCUT2D eigenvalue weighted by Gasteiger charge is 2.33. The number of aromatic nitrogens is 3. The molecular weight excluding hydrogens is 481 g/mol. The van der Waals surface area contributed by atoms with E-state index in [0.717, 1.165) is 23.2 Å². The predicted octanol–water partition coefficient (Wildman–Crippen LogP) is 3.70. The van der Waals surface area contributed by atoms with Gasteiger partial charge in [-0.1, -0.05) is 35.5 Å². The lowest BCUT2D eigenvalue weighted by molar-refractivity contribution is -0.142. The summed E-state index contributed by atoms with van der Waals surface area (Å²) in [6, 6.07) is 15.9. The number of hydrogen-bond acceptors (Lipinski definition) is 6. The Labute approximate surface area is 211 Å². The minimum absolute atomic E-state index is 0.0502. The first-order valence-corrected chi connectivity index (χ1v) is 12.7. The molecule has 1 aliphatic heterocycles. The first-order chi connectivity index (χ1) is 17.6. The van der Waals surface area contributed by atoms with Gasteiger partial charge in [0.25, 0.3) is 0 Å². The van der Waals surface area contributed by atoms with Crippen LogP contribution in [-0.2, 0) is 27.4 Å². The Morgan fingerprint density at radius 1 is 1.17 bits per heavy atom. The number of thiophene rings is 1. The number of benzene rings is 2. The maximum atomic E-state index is 13.8. The van der Waals surface area contributed by atoms with Crippen LogP contribution in [0.3, 0.4) is 0 Å². The van der Waals surface area contributed by atoms with Crippen molar-refractivity contribution in [2.45, 2.75) is 38.1 Å². The molecule has 0 radical (unpaired) electrons. The third kappa shape index (κ3) is 5.44. The molecule has 1 N–H and O–H groups in total. The van der Waals surface area contributed by atoms with Gasteiger partial charge in [-0.25, -0.2) is 9.07 Å². The number of amides is 2. The van der Waals surface area contributed by atoms with Gasteiger partial charge in [0.05, 0.1) is 18.2 Å². The molecule has 4 aromatic rings. The van der Waals surface area contributed by atoms with Crippen molar-refractivity contribution >= 4 is 34.2 Å². The molecule has 1 aliphatic rings. The van der Waals surface area contributed by atoms with E-state index in [4.69, 9.17) is 4.74 Å². The highest BCUT2D eigenvalue weighted by molar-refractivity contribution is 7.09. The molecule has 5 rings (SSSR count). The number of nitrogens with zero attached hydrogens (tertiary/aromatic N) is 4. The van der Waals surface area contributed by atoms with Gasteiger partial charge >= 0.3 is 0 Å². The van der Waals surface area contributed by atoms with Crippen molar-refractivity contribution in [2.75, 3.05) is 13.2 Å². The molecule has 0 spiro atoms. The Hall–Kier alpha value is -3.63. The summed E-state index contributed by atoms with van der Waals surface area (Å²) in [5.41, 5.74) is 1.93. The predicted molar refractivity (Wildman–Crippen MR) is 134 cm³/mol. The summed E-state index contributed by atoms with van der Waals surface area (Å²) >= 11 is 1.50.